The molecule has 1 fully saturated rings. The molecular formula is C7H9ClN2O2S. The molecule has 0 unspecified atom stereocenters. The van der Waals surface area contributed by atoms with Crippen LogP contribution >= 0.6 is 10.7 Å². The highest BCUT2D eigenvalue weighted by atomic mass is 35.7. The molecule has 0 aliphatic heterocycles. The summed E-state index contributed by atoms with van der Waals surface area (Å²) in [5.41, 5.74) is 0.637. The molecule has 1 aliphatic rings. The van der Waals surface area contributed by atoms with Gasteiger partial charge < -0.3 is 0 Å². The summed E-state index contributed by atoms with van der Waals surface area (Å²) in [4.78, 5) is 0.126. The fraction of sp³-hybridized carbons (Fsp3) is 0.571. The normalized spacial score (nSPS) is 17.7. The van der Waals surface area contributed by atoms with Crippen molar-refractivity contribution in [1.82, 2.24) is 9.78 Å². The van der Waals surface area contributed by atoms with E-state index in [-0.39, 0.29) is 4.90 Å². The number of rotatable bonds is 2. The molecule has 0 N–H and O–H groups in total. The summed E-state index contributed by atoms with van der Waals surface area (Å²) in [6.45, 7) is 1.72. The second-order valence-electron chi connectivity index (χ2n) is 3.21. The molecule has 0 amide bonds. The Labute approximate surface area is 80.9 Å². The first-order chi connectivity index (χ1) is 6.00. The lowest BCUT2D eigenvalue weighted by molar-refractivity contribution is 0.604. The standard InChI is InChI=1S/C7H9ClN2O2S/c1-5-7(13(8,11)12)4-9-10(5)6-2-3-6/h4,6H,2-3H2,1H3. The molecule has 0 aromatic carbocycles. The fourth-order valence-electron chi connectivity index (χ4n) is 1.33. The van der Waals surface area contributed by atoms with Crippen molar-refractivity contribution in [2.45, 2.75) is 30.7 Å². The van der Waals surface area contributed by atoms with Crippen LogP contribution < -0.4 is 0 Å². The van der Waals surface area contributed by atoms with Crippen molar-refractivity contribution in [2.75, 3.05) is 0 Å². The quantitative estimate of drug-likeness (QED) is 0.709. The maximum Gasteiger partial charge on any atom is 0.264 e. The number of aromatic nitrogens is 2. The minimum Gasteiger partial charge on any atom is -0.265 e. The van der Waals surface area contributed by atoms with Gasteiger partial charge in [-0.3, -0.25) is 4.68 Å². The Kier molecular flexibility index (Phi) is 1.89. The highest BCUT2D eigenvalue weighted by Gasteiger charge is 2.28. The molecule has 4 nitrogen and oxygen atoms in total. The monoisotopic (exact) mass is 220 g/mol. The summed E-state index contributed by atoms with van der Waals surface area (Å²) in [7, 11) is 1.59. The van der Waals surface area contributed by atoms with Crippen molar-refractivity contribution in [3.05, 3.63) is 11.9 Å². The van der Waals surface area contributed by atoms with Crippen molar-refractivity contribution in [3.8, 4) is 0 Å². The van der Waals surface area contributed by atoms with E-state index in [9.17, 15) is 8.42 Å². The second kappa shape index (κ2) is 2.72. The molecule has 72 valence electrons. The summed E-state index contributed by atoms with van der Waals surface area (Å²) in [6.07, 6.45) is 3.46. The average molecular weight is 221 g/mol. The van der Waals surface area contributed by atoms with E-state index in [4.69, 9.17) is 10.7 Å². The van der Waals surface area contributed by atoms with Gasteiger partial charge in [0.05, 0.1) is 17.9 Å². The predicted octanol–water partition coefficient (Wildman–Crippen LogP) is 1.45. The number of hydrogen-bond acceptors (Lipinski definition) is 3. The van der Waals surface area contributed by atoms with Crippen LogP contribution in [0.2, 0.25) is 0 Å². The van der Waals surface area contributed by atoms with Crippen LogP contribution in [0.25, 0.3) is 0 Å². The minimum absolute atomic E-state index is 0.126. The van der Waals surface area contributed by atoms with E-state index in [1.165, 1.54) is 6.20 Å². The Balaban J connectivity index is 2.50. The van der Waals surface area contributed by atoms with Crippen LogP contribution in [0.1, 0.15) is 24.6 Å². The maximum absolute atomic E-state index is 11.0. The average Bonchev–Trinajstić information content (AvgIpc) is 2.73. The van der Waals surface area contributed by atoms with Crippen LogP contribution in [0.15, 0.2) is 11.1 Å². The smallest absolute Gasteiger partial charge is 0.264 e. The van der Waals surface area contributed by atoms with Gasteiger partial charge in [-0.15, -0.1) is 0 Å². The van der Waals surface area contributed by atoms with Crippen LogP contribution in [0.4, 0.5) is 0 Å². The van der Waals surface area contributed by atoms with E-state index >= 15 is 0 Å². The van der Waals surface area contributed by atoms with Gasteiger partial charge in [-0.05, 0) is 19.8 Å². The summed E-state index contributed by atoms with van der Waals surface area (Å²) in [5.74, 6) is 0. The molecule has 1 aromatic rings. The van der Waals surface area contributed by atoms with Crippen molar-refractivity contribution in [1.29, 1.82) is 0 Å². The minimum atomic E-state index is -3.63. The Morgan fingerprint density at radius 2 is 2.23 bits per heavy atom. The third-order valence-corrected chi connectivity index (χ3v) is 3.58. The third-order valence-electron chi connectivity index (χ3n) is 2.16. The Bertz CT molecular complexity index is 433. The molecule has 0 bridgehead atoms. The largest absolute Gasteiger partial charge is 0.265 e. The highest BCUT2D eigenvalue weighted by molar-refractivity contribution is 8.13. The Hall–Kier alpha value is -0.550. The van der Waals surface area contributed by atoms with E-state index in [1.54, 1.807) is 11.6 Å². The summed E-state index contributed by atoms with van der Waals surface area (Å²) < 4.78 is 23.8. The summed E-state index contributed by atoms with van der Waals surface area (Å²) in [5, 5.41) is 4.00. The van der Waals surface area contributed by atoms with Gasteiger partial charge in [0.15, 0.2) is 0 Å². The van der Waals surface area contributed by atoms with E-state index < -0.39 is 9.05 Å². The van der Waals surface area contributed by atoms with Gasteiger partial charge >= 0.3 is 0 Å². The van der Waals surface area contributed by atoms with E-state index in [0.717, 1.165) is 12.8 Å². The molecule has 0 spiro atoms. The van der Waals surface area contributed by atoms with Crippen molar-refractivity contribution in [2.24, 2.45) is 0 Å². The first-order valence-corrected chi connectivity index (χ1v) is 6.30. The Morgan fingerprint density at radius 3 is 2.62 bits per heavy atom. The molecule has 13 heavy (non-hydrogen) atoms. The molecule has 0 saturated heterocycles. The van der Waals surface area contributed by atoms with Gasteiger partial charge in [-0.25, -0.2) is 8.42 Å². The van der Waals surface area contributed by atoms with Gasteiger partial charge in [0.25, 0.3) is 9.05 Å². The van der Waals surface area contributed by atoms with Crippen molar-refractivity contribution < 1.29 is 8.42 Å². The van der Waals surface area contributed by atoms with Gasteiger partial charge in [0.2, 0.25) is 0 Å². The molecule has 1 saturated carbocycles. The van der Waals surface area contributed by atoms with Crippen LogP contribution in [-0.2, 0) is 9.05 Å². The van der Waals surface area contributed by atoms with Crippen LogP contribution in [0.3, 0.4) is 0 Å². The predicted molar refractivity (Wildman–Crippen MR) is 48.3 cm³/mol. The van der Waals surface area contributed by atoms with Gasteiger partial charge in [0.1, 0.15) is 4.90 Å². The zero-order valence-corrected chi connectivity index (χ0v) is 8.64. The molecule has 2 rings (SSSR count). The van der Waals surface area contributed by atoms with E-state index in [1.807, 2.05) is 0 Å². The van der Waals surface area contributed by atoms with Crippen molar-refractivity contribution >= 4 is 19.7 Å². The topological polar surface area (TPSA) is 52.0 Å². The highest BCUT2D eigenvalue weighted by Crippen LogP contribution is 2.36. The van der Waals surface area contributed by atoms with Gasteiger partial charge in [-0.2, -0.15) is 5.10 Å². The SMILES string of the molecule is Cc1c(S(=O)(=O)Cl)cnn1C1CC1. The number of halogens is 1. The first-order valence-electron chi connectivity index (χ1n) is 3.99. The van der Waals surface area contributed by atoms with Crippen LogP contribution in [0.5, 0.6) is 0 Å². The second-order valence-corrected chi connectivity index (χ2v) is 5.74. The fourth-order valence-corrected chi connectivity index (χ4v) is 2.41. The van der Waals surface area contributed by atoms with Gasteiger partial charge in [-0.1, -0.05) is 0 Å². The first kappa shape index (κ1) is 9.02. The lowest BCUT2D eigenvalue weighted by Gasteiger charge is -2.00. The summed E-state index contributed by atoms with van der Waals surface area (Å²) in [6, 6.07) is 0.382. The molecular weight excluding hydrogens is 212 g/mol. The molecule has 0 atom stereocenters. The third kappa shape index (κ3) is 1.58. The zero-order valence-electron chi connectivity index (χ0n) is 7.07. The zero-order chi connectivity index (χ0) is 9.64. The number of nitrogens with zero attached hydrogens (tertiary/aromatic N) is 2. The van der Waals surface area contributed by atoms with E-state index in [0.29, 0.717) is 11.7 Å². The molecule has 1 aliphatic carbocycles. The lowest BCUT2D eigenvalue weighted by atomic mass is 10.5. The summed E-state index contributed by atoms with van der Waals surface area (Å²) >= 11 is 0. The van der Waals surface area contributed by atoms with E-state index in [2.05, 4.69) is 5.10 Å². The molecule has 0 radical (unpaired) electrons. The molecule has 6 heteroatoms. The lowest BCUT2D eigenvalue weighted by Crippen LogP contribution is -2.00. The van der Waals surface area contributed by atoms with Crippen LogP contribution in [0, 0.1) is 6.92 Å². The van der Waals surface area contributed by atoms with Crippen LogP contribution in [-0.4, -0.2) is 18.2 Å². The maximum atomic E-state index is 11.0. The Morgan fingerprint density at radius 1 is 1.62 bits per heavy atom. The van der Waals surface area contributed by atoms with Crippen molar-refractivity contribution in [3.63, 3.8) is 0 Å². The molecule has 1 heterocycles. The molecule has 1 aromatic heterocycles. The number of hydrogen-bond donors (Lipinski definition) is 0. The van der Waals surface area contributed by atoms with Gasteiger partial charge in [0, 0.05) is 10.7 Å².